The van der Waals surface area contributed by atoms with E-state index in [4.69, 9.17) is 10.8 Å². The fourth-order valence-electron chi connectivity index (χ4n) is 3.49. The second-order valence-electron chi connectivity index (χ2n) is 8.77. The smallest absolute Gasteiger partial charge is 0.129 e. The fourth-order valence-corrected chi connectivity index (χ4v) is 4.00. The molecule has 0 aliphatic heterocycles. The third kappa shape index (κ3) is 4.63. The number of nitrogens with two attached hydrogens (primary N) is 1. The summed E-state index contributed by atoms with van der Waals surface area (Å²) in [5.41, 5.74) is 17.7. The molecule has 0 fully saturated rings. The Balaban J connectivity index is 1.86. The number of para-hydroxylation sites is 1. The highest BCUT2D eigenvalue weighted by molar-refractivity contribution is 6.83. The number of rotatable bonds is 3. The number of hydrogen-bond acceptors (Lipinski definition) is 2. The highest BCUT2D eigenvalue weighted by Crippen LogP contribution is 2.32. The molecule has 0 aliphatic rings. The maximum Gasteiger partial charge on any atom is 0.129 e. The molecule has 3 aromatic carbocycles. The SMILES string of the molecule is Cc1cc(-c2ccccc2)n(-c2ccccc2-c2ccc(N)c(C#C[Si](C)(C)C)c2)n1. The van der Waals surface area contributed by atoms with Crippen molar-refractivity contribution in [2.75, 3.05) is 5.73 Å². The first-order valence-corrected chi connectivity index (χ1v) is 14.0. The fraction of sp³-hybridized carbons (Fsp3) is 0.148. The minimum Gasteiger partial charge on any atom is -0.398 e. The molecular formula is C27H27N3Si. The van der Waals surface area contributed by atoms with Gasteiger partial charge in [0.15, 0.2) is 0 Å². The first-order valence-electron chi connectivity index (χ1n) is 10.5. The van der Waals surface area contributed by atoms with Gasteiger partial charge in [-0.1, -0.05) is 80.2 Å². The molecule has 2 N–H and O–H groups in total. The van der Waals surface area contributed by atoms with E-state index in [0.29, 0.717) is 5.69 Å². The minimum atomic E-state index is -1.50. The van der Waals surface area contributed by atoms with Gasteiger partial charge in [0.25, 0.3) is 0 Å². The van der Waals surface area contributed by atoms with Crippen molar-refractivity contribution in [2.45, 2.75) is 26.6 Å². The molecule has 4 heteroatoms. The summed E-state index contributed by atoms with van der Waals surface area (Å²) >= 11 is 0. The molecule has 0 spiro atoms. The third-order valence-corrected chi connectivity index (χ3v) is 5.84. The molecule has 0 saturated carbocycles. The molecule has 4 aromatic rings. The summed E-state index contributed by atoms with van der Waals surface area (Å²) in [4.78, 5) is 0. The Kier molecular flexibility index (Phi) is 5.54. The summed E-state index contributed by atoms with van der Waals surface area (Å²) in [5, 5.41) is 4.82. The van der Waals surface area contributed by atoms with Crippen LogP contribution in [-0.4, -0.2) is 17.9 Å². The Hall–Kier alpha value is -3.55. The monoisotopic (exact) mass is 421 g/mol. The molecule has 1 aromatic heterocycles. The molecule has 154 valence electrons. The molecule has 0 bridgehead atoms. The summed E-state index contributed by atoms with van der Waals surface area (Å²) < 4.78 is 2.03. The number of aromatic nitrogens is 2. The zero-order valence-corrected chi connectivity index (χ0v) is 19.5. The van der Waals surface area contributed by atoms with Gasteiger partial charge in [-0.25, -0.2) is 4.68 Å². The molecule has 0 saturated heterocycles. The van der Waals surface area contributed by atoms with Gasteiger partial charge < -0.3 is 5.73 Å². The Morgan fingerprint density at radius 3 is 2.29 bits per heavy atom. The molecule has 0 radical (unpaired) electrons. The Labute approximate surface area is 185 Å². The second-order valence-corrected chi connectivity index (χ2v) is 13.5. The van der Waals surface area contributed by atoms with Gasteiger partial charge in [-0.15, -0.1) is 5.54 Å². The van der Waals surface area contributed by atoms with E-state index in [1.54, 1.807) is 0 Å². The van der Waals surface area contributed by atoms with E-state index in [1.165, 1.54) is 0 Å². The number of anilines is 1. The molecule has 0 aliphatic carbocycles. The number of hydrogen-bond donors (Lipinski definition) is 1. The second kappa shape index (κ2) is 8.29. The highest BCUT2D eigenvalue weighted by atomic mass is 28.3. The lowest BCUT2D eigenvalue weighted by Gasteiger charge is -2.14. The van der Waals surface area contributed by atoms with Crippen LogP contribution in [-0.2, 0) is 0 Å². The number of nitrogens with zero attached hydrogens (tertiary/aromatic N) is 2. The average molecular weight is 422 g/mol. The van der Waals surface area contributed by atoms with E-state index in [2.05, 4.69) is 91.8 Å². The first-order chi connectivity index (χ1) is 14.8. The summed E-state index contributed by atoms with van der Waals surface area (Å²) in [6.45, 7) is 8.74. The van der Waals surface area contributed by atoms with Crippen molar-refractivity contribution in [1.29, 1.82) is 0 Å². The molecule has 0 atom stereocenters. The first kappa shape index (κ1) is 20.7. The van der Waals surface area contributed by atoms with E-state index >= 15 is 0 Å². The van der Waals surface area contributed by atoms with Crippen LogP contribution in [0, 0.1) is 18.4 Å². The van der Waals surface area contributed by atoms with Crippen LogP contribution in [0.4, 0.5) is 5.69 Å². The van der Waals surface area contributed by atoms with E-state index in [1.807, 2.05) is 29.8 Å². The van der Waals surface area contributed by atoms with Gasteiger partial charge in [-0.2, -0.15) is 5.10 Å². The summed E-state index contributed by atoms with van der Waals surface area (Å²) in [6, 6.07) is 26.9. The summed E-state index contributed by atoms with van der Waals surface area (Å²) in [7, 11) is -1.50. The zero-order valence-electron chi connectivity index (χ0n) is 18.5. The lowest BCUT2D eigenvalue weighted by molar-refractivity contribution is 0.871. The summed E-state index contributed by atoms with van der Waals surface area (Å²) in [6.07, 6.45) is 0. The molecule has 3 nitrogen and oxygen atoms in total. The number of benzene rings is 3. The number of aryl methyl sites for hydroxylation is 1. The standard InChI is InChI=1S/C27H27N3Si/c1-20-18-27(21-10-6-5-7-11-21)30(29-20)26-13-9-8-12-24(26)22-14-15-25(28)23(19-22)16-17-31(2,3)4/h5-15,18-19H,28H2,1-4H3. The van der Waals surface area contributed by atoms with Crippen LogP contribution in [0.1, 0.15) is 11.3 Å². The van der Waals surface area contributed by atoms with Gasteiger partial charge >= 0.3 is 0 Å². The van der Waals surface area contributed by atoms with Gasteiger partial charge in [0.2, 0.25) is 0 Å². The number of nitrogen functional groups attached to an aromatic ring is 1. The normalized spacial score (nSPS) is 11.1. The molecule has 1 heterocycles. The van der Waals surface area contributed by atoms with Gasteiger partial charge in [0.1, 0.15) is 8.07 Å². The maximum absolute atomic E-state index is 6.24. The van der Waals surface area contributed by atoms with Gasteiger partial charge in [0, 0.05) is 22.4 Å². The zero-order chi connectivity index (χ0) is 22.0. The van der Waals surface area contributed by atoms with Crippen molar-refractivity contribution in [3.05, 3.63) is 90.1 Å². The van der Waals surface area contributed by atoms with Crippen molar-refractivity contribution in [3.63, 3.8) is 0 Å². The topological polar surface area (TPSA) is 43.8 Å². The van der Waals surface area contributed by atoms with Crippen molar-refractivity contribution in [2.24, 2.45) is 0 Å². The molecular weight excluding hydrogens is 394 g/mol. The van der Waals surface area contributed by atoms with Gasteiger partial charge in [-0.05, 0) is 36.8 Å². The predicted octanol–water partition coefficient (Wildman–Crippen LogP) is 6.33. The van der Waals surface area contributed by atoms with E-state index in [0.717, 1.165) is 39.3 Å². The average Bonchev–Trinajstić information content (AvgIpc) is 3.15. The van der Waals surface area contributed by atoms with Crippen LogP contribution in [0.2, 0.25) is 19.6 Å². The lowest BCUT2D eigenvalue weighted by atomic mass is 10.00. The van der Waals surface area contributed by atoms with E-state index < -0.39 is 8.07 Å². The Bertz CT molecular complexity index is 1290. The highest BCUT2D eigenvalue weighted by Gasteiger charge is 2.15. The van der Waals surface area contributed by atoms with Crippen LogP contribution in [0.5, 0.6) is 0 Å². The van der Waals surface area contributed by atoms with Gasteiger partial charge in [-0.3, -0.25) is 0 Å². The van der Waals surface area contributed by atoms with Crippen molar-refractivity contribution < 1.29 is 0 Å². The summed E-state index contributed by atoms with van der Waals surface area (Å²) in [5.74, 6) is 3.33. The lowest BCUT2D eigenvalue weighted by Crippen LogP contribution is -2.16. The largest absolute Gasteiger partial charge is 0.398 e. The van der Waals surface area contributed by atoms with E-state index in [-0.39, 0.29) is 0 Å². The Morgan fingerprint density at radius 1 is 0.839 bits per heavy atom. The van der Waals surface area contributed by atoms with Crippen LogP contribution in [0.25, 0.3) is 28.1 Å². The van der Waals surface area contributed by atoms with Crippen molar-refractivity contribution in [1.82, 2.24) is 9.78 Å². The van der Waals surface area contributed by atoms with Crippen LogP contribution in [0.3, 0.4) is 0 Å². The Morgan fingerprint density at radius 2 is 1.55 bits per heavy atom. The molecule has 31 heavy (non-hydrogen) atoms. The van der Waals surface area contributed by atoms with E-state index in [9.17, 15) is 0 Å². The maximum atomic E-state index is 6.24. The van der Waals surface area contributed by atoms with Crippen molar-refractivity contribution in [3.8, 4) is 39.5 Å². The van der Waals surface area contributed by atoms with Crippen LogP contribution >= 0.6 is 0 Å². The predicted molar refractivity (Wildman–Crippen MR) is 134 cm³/mol. The minimum absolute atomic E-state index is 0.715. The van der Waals surface area contributed by atoms with Crippen LogP contribution < -0.4 is 5.73 Å². The van der Waals surface area contributed by atoms with Crippen molar-refractivity contribution >= 4 is 13.8 Å². The quantitative estimate of drug-likeness (QED) is 0.239. The third-order valence-electron chi connectivity index (χ3n) is 4.97. The van der Waals surface area contributed by atoms with Gasteiger partial charge in [0.05, 0.1) is 17.1 Å². The molecule has 0 amide bonds. The molecule has 4 rings (SSSR count). The molecule has 0 unspecified atom stereocenters. The van der Waals surface area contributed by atoms with Crippen LogP contribution in [0.15, 0.2) is 78.9 Å².